The Bertz CT molecular complexity index is 363. The van der Waals surface area contributed by atoms with Gasteiger partial charge in [0.05, 0.1) is 0 Å². The molecule has 0 unspecified atom stereocenters. The molecule has 0 aliphatic carbocycles. The summed E-state index contributed by atoms with van der Waals surface area (Å²) in [5.74, 6) is -1.30. The number of carboxylic acids is 1. The average molecular weight is 299 g/mol. The van der Waals surface area contributed by atoms with Gasteiger partial charge in [0, 0.05) is 30.8 Å². The Morgan fingerprint density at radius 1 is 0.905 bits per heavy atom. The van der Waals surface area contributed by atoms with Crippen LogP contribution in [-0.4, -0.2) is 46.7 Å². The number of carbonyl (C=O) groups is 2. The molecular formula is C16H29NO4. The summed E-state index contributed by atoms with van der Waals surface area (Å²) in [5.41, 5.74) is 0.356. The summed E-state index contributed by atoms with van der Waals surface area (Å²) in [6.07, 6.45) is 6.02. The van der Waals surface area contributed by atoms with Gasteiger partial charge in [0.2, 0.25) is 5.91 Å². The molecule has 0 radical (unpaired) electrons. The van der Waals surface area contributed by atoms with E-state index in [9.17, 15) is 9.59 Å². The van der Waals surface area contributed by atoms with Crippen molar-refractivity contribution in [2.24, 2.45) is 0 Å². The zero-order valence-electron chi connectivity index (χ0n) is 13.5. The molecule has 21 heavy (non-hydrogen) atoms. The van der Waals surface area contributed by atoms with E-state index in [0.717, 1.165) is 19.3 Å². The highest BCUT2D eigenvalue weighted by Gasteiger charge is 2.18. The lowest BCUT2D eigenvalue weighted by molar-refractivity contribution is -0.134. The van der Waals surface area contributed by atoms with E-state index in [1.807, 2.05) is 0 Å². The Morgan fingerprint density at radius 3 is 2.00 bits per heavy atom. The summed E-state index contributed by atoms with van der Waals surface area (Å²) in [5, 5.41) is 17.9. The van der Waals surface area contributed by atoms with E-state index in [4.69, 9.17) is 10.2 Å². The third-order valence-electron chi connectivity index (χ3n) is 3.61. The van der Waals surface area contributed by atoms with E-state index in [-0.39, 0.29) is 23.7 Å². The van der Waals surface area contributed by atoms with Crippen molar-refractivity contribution in [1.29, 1.82) is 0 Å². The van der Waals surface area contributed by atoms with Gasteiger partial charge < -0.3 is 15.1 Å². The zero-order chi connectivity index (χ0) is 16.3. The van der Waals surface area contributed by atoms with Gasteiger partial charge in [-0.2, -0.15) is 0 Å². The van der Waals surface area contributed by atoms with Crippen LogP contribution in [0, 0.1) is 0 Å². The summed E-state index contributed by atoms with van der Waals surface area (Å²) in [7, 11) is 0. The highest BCUT2D eigenvalue weighted by Crippen LogP contribution is 2.11. The number of hydrogen-bond donors (Lipinski definition) is 2. The molecule has 0 bridgehead atoms. The van der Waals surface area contributed by atoms with Crippen LogP contribution < -0.4 is 0 Å². The van der Waals surface area contributed by atoms with Crippen molar-refractivity contribution in [3.8, 4) is 0 Å². The summed E-state index contributed by atoms with van der Waals surface area (Å²) >= 11 is 0. The Kier molecular flexibility index (Phi) is 10.6. The topological polar surface area (TPSA) is 77.8 Å². The van der Waals surface area contributed by atoms with Crippen LogP contribution in [0.15, 0.2) is 11.1 Å². The van der Waals surface area contributed by atoms with E-state index >= 15 is 0 Å². The van der Waals surface area contributed by atoms with Crippen LogP contribution in [0.1, 0.15) is 59.3 Å². The van der Waals surface area contributed by atoms with Crippen molar-refractivity contribution in [3.63, 3.8) is 0 Å². The Morgan fingerprint density at radius 2 is 1.48 bits per heavy atom. The number of unbranched alkanes of at least 4 members (excludes halogenated alkanes) is 4. The number of aliphatic hydroxyl groups excluding tert-OH is 1. The van der Waals surface area contributed by atoms with E-state index in [1.54, 1.807) is 11.8 Å². The number of carbonyl (C=O) groups excluding carboxylic acids is 1. The number of amides is 1. The van der Waals surface area contributed by atoms with Gasteiger partial charge in [-0.25, -0.2) is 4.79 Å². The summed E-state index contributed by atoms with van der Waals surface area (Å²) in [6, 6.07) is 0. The average Bonchev–Trinajstić information content (AvgIpc) is 2.47. The normalized spacial score (nSPS) is 12.0. The van der Waals surface area contributed by atoms with Crippen molar-refractivity contribution >= 4 is 11.9 Å². The van der Waals surface area contributed by atoms with E-state index in [2.05, 4.69) is 6.92 Å². The molecule has 0 aliphatic heterocycles. The molecule has 1 amide bonds. The predicted molar refractivity (Wildman–Crippen MR) is 83.1 cm³/mol. The molecule has 122 valence electrons. The molecule has 0 aromatic heterocycles. The quantitative estimate of drug-likeness (QED) is 0.454. The number of aliphatic carboxylic acids is 1. The second-order valence-electron chi connectivity index (χ2n) is 5.34. The Hall–Kier alpha value is -1.36. The predicted octanol–water partition coefficient (Wildman–Crippen LogP) is 2.59. The fraction of sp³-hybridized carbons (Fsp3) is 0.750. The van der Waals surface area contributed by atoms with Gasteiger partial charge in [-0.15, -0.1) is 0 Å². The number of carboxylic acid groups (broad SMARTS) is 1. The molecule has 0 fully saturated rings. The minimum atomic E-state index is -1.06. The zero-order valence-corrected chi connectivity index (χ0v) is 13.5. The SMILES string of the molecule is CCCCCCCN(CCCO)C(=O)C(C)=C(C)C(=O)O. The molecule has 0 heterocycles. The number of hydrogen-bond acceptors (Lipinski definition) is 3. The fourth-order valence-electron chi connectivity index (χ4n) is 2.04. The van der Waals surface area contributed by atoms with Crippen LogP contribution in [0.4, 0.5) is 0 Å². The highest BCUT2D eigenvalue weighted by molar-refractivity contribution is 6.01. The highest BCUT2D eigenvalue weighted by atomic mass is 16.4. The smallest absolute Gasteiger partial charge is 0.331 e. The molecule has 0 aromatic rings. The largest absolute Gasteiger partial charge is 0.478 e. The maximum absolute atomic E-state index is 12.3. The van der Waals surface area contributed by atoms with Gasteiger partial charge in [0.25, 0.3) is 0 Å². The van der Waals surface area contributed by atoms with Crippen LogP contribution >= 0.6 is 0 Å². The molecule has 0 aliphatic rings. The molecule has 0 rings (SSSR count). The van der Waals surface area contributed by atoms with Crippen molar-refractivity contribution in [2.45, 2.75) is 59.3 Å². The molecule has 0 aromatic carbocycles. The van der Waals surface area contributed by atoms with Crippen LogP contribution in [0.25, 0.3) is 0 Å². The molecule has 2 N–H and O–H groups in total. The van der Waals surface area contributed by atoms with Gasteiger partial charge in [-0.05, 0) is 26.7 Å². The first-order chi connectivity index (χ1) is 9.95. The number of aliphatic hydroxyl groups is 1. The van der Waals surface area contributed by atoms with Crippen LogP contribution in [0.2, 0.25) is 0 Å². The second kappa shape index (κ2) is 11.3. The van der Waals surface area contributed by atoms with Crippen molar-refractivity contribution in [3.05, 3.63) is 11.1 Å². The molecule has 0 spiro atoms. The van der Waals surface area contributed by atoms with Gasteiger partial charge in [0.1, 0.15) is 0 Å². The summed E-state index contributed by atoms with van der Waals surface area (Å²) in [6.45, 7) is 6.26. The Labute approximate surface area is 127 Å². The first-order valence-electron chi connectivity index (χ1n) is 7.76. The van der Waals surface area contributed by atoms with Crippen LogP contribution in [-0.2, 0) is 9.59 Å². The second-order valence-corrected chi connectivity index (χ2v) is 5.34. The van der Waals surface area contributed by atoms with E-state index in [0.29, 0.717) is 19.5 Å². The maximum Gasteiger partial charge on any atom is 0.331 e. The third-order valence-corrected chi connectivity index (χ3v) is 3.61. The summed E-state index contributed by atoms with van der Waals surface area (Å²) in [4.78, 5) is 24.9. The lowest BCUT2D eigenvalue weighted by Gasteiger charge is -2.23. The molecular weight excluding hydrogens is 270 g/mol. The monoisotopic (exact) mass is 299 g/mol. The number of nitrogens with zero attached hydrogens (tertiary/aromatic N) is 1. The van der Waals surface area contributed by atoms with Crippen molar-refractivity contribution in [2.75, 3.05) is 19.7 Å². The molecule has 0 saturated carbocycles. The van der Waals surface area contributed by atoms with Gasteiger partial charge in [0.15, 0.2) is 0 Å². The lowest BCUT2D eigenvalue weighted by atomic mass is 10.1. The fourth-order valence-corrected chi connectivity index (χ4v) is 2.04. The van der Waals surface area contributed by atoms with E-state index in [1.165, 1.54) is 19.8 Å². The molecule has 5 heteroatoms. The number of rotatable bonds is 11. The van der Waals surface area contributed by atoms with Gasteiger partial charge in [-0.1, -0.05) is 32.6 Å². The first kappa shape index (κ1) is 19.6. The van der Waals surface area contributed by atoms with Gasteiger partial charge >= 0.3 is 5.97 Å². The maximum atomic E-state index is 12.3. The minimum absolute atomic E-state index is 0.0281. The molecule has 0 saturated heterocycles. The minimum Gasteiger partial charge on any atom is -0.478 e. The van der Waals surface area contributed by atoms with E-state index < -0.39 is 5.97 Å². The summed E-state index contributed by atoms with van der Waals surface area (Å²) < 4.78 is 0. The van der Waals surface area contributed by atoms with Crippen molar-refractivity contribution in [1.82, 2.24) is 4.90 Å². The Balaban J connectivity index is 4.62. The molecule has 0 atom stereocenters. The third kappa shape index (κ3) is 7.85. The standard InChI is InChI=1S/C16H29NO4/c1-4-5-6-7-8-10-17(11-9-12-18)15(19)13(2)14(3)16(20)21/h18H,4-12H2,1-3H3,(H,20,21). The first-order valence-corrected chi connectivity index (χ1v) is 7.76. The molecule has 5 nitrogen and oxygen atoms in total. The van der Waals surface area contributed by atoms with Crippen LogP contribution in [0.5, 0.6) is 0 Å². The van der Waals surface area contributed by atoms with Crippen molar-refractivity contribution < 1.29 is 19.8 Å². The van der Waals surface area contributed by atoms with Crippen LogP contribution in [0.3, 0.4) is 0 Å². The van der Waals surface area contributed by atoms with Gasteiger partial charge in [-0.3, -0.25) is 4.79 Å². The lowest BCUT2D eigenvalue weighted by Crippen LogP contribution is -2.34.